The molecule has 1 aliphatic heterocycles. The number of benzene rings is 1. The van der Waals surface area contributed by atoms with E-state index in [0.717, 1.165) is 5.75 Å². The number of fused-ring (bicyclic) bond motifs is 1. The van der Waals surface area contributed by atoms with Crippen molar-refractivity contribution in [2.24, 2.45) is 5.92 Å². The minimum Gasteiger partial charge on any atom is -0.497 e. The number of piperidine rings is 1. The molecule has 0 spiro atoms. The molecular weight excluding hydrogens is 453 g/mol. The number of likely N-dealkylation sites (N-methyl/N-ethyl adjacent to an activating group) is 1. The minimum atomic E-state index is -4.65. The number of rotatable bonds is 7. The maximum atomic E-state index is 13.1. The number of hydrogen-bond acceptors (Lipinski definition) is 7. The highest BCUT2D eigenvalue weighted by atomic mass is 19.4. The lowest BCUT2D eigenvalue weighted by Crippen LogP contribution is -2.42. The fourth-order valence-corrected chi connectivity index (χ4v) is 3.87. The number of methoxy groups -OCH3 is 1. The highest BCUT2D eigenvalue weighted by molar-refractivity contribution is 5.79. The van der Waals surface area contributed by atoms with E-state index in [0.29, 0.717) is 55.2 Å². The summed E-state index contributed by atoms with van der Waals surface area (Å²) in [5.74, 6) is 0.536. The van der Waals surface area contributed by atoms with E-state index in [1.54, 1.807) is 49.4 Å². The molecule has 0 unspecified atom stereocenters. The molecule has 0 N–H and O–H groups in total. The average molecular weight is 478 g/mol. The van der Waals surface area contributed by atoms with Crippen molar-refractivity contribution in [3.63, 3.8) is 0 Å². The second kappa shape index (κ2) is 9.74. The van der Waals surface area contributed by atoms with Crippen LogP contribution in [0.3, 0.4) is 0 Å². The van der Waals surface area contributed by atoms with Gasteiger partial charge in [-0.3, -0.25) is 4.79 Å². The van der Waals surface area contributed by atoms with Crippen LogP contribution in [0.1, 0.15) is 18.7 Å². The molecule has 3 heterocycles. The summed E-state index contributed by atoms with van der Waals surface area (Å²) in [5.41, 5.74) is 0.0274. The summed E-state index contributed by atoms with van der Waals surface area (Å²) >= 11 is 0. The van der Waals surface area contributed by atoms with E-state index in [1.807, 2.05) is 4.90 Å². The Balaban J connectivity index is 1.29. The third kappa shape index (κ3) is 5.15. The zero-order chi connectivity index (χ0) is 24.3. The van der Waals surface area contributed by atoms with Crippen LogP contribution in [-0.4, -0.2) is 71.0 Å². The van der Waals surface area contributed by atoms with Crippen molar-refractivity contribution < 1.29 is 27.4 Å². The van der Waals surface area contributed by atoms with Crippen LogP contribution in [0.4, 0.5) is 19.0 Å². The van der Waals surface area contributed by atoms with Gasteiger partial charge in [-0.1, -0.05) is 0 Å². The summed E-state index contributed by atoms with van der Waals surface area (Å²) in [6.45, 7) is 1.82. The number of amides is 1. The van der Waals surface area contributed by atoms with Crippen LogP contribution in [0.15, 0.2) is 36.4 Å². The molecule has 1 aromatic carbocycles. The first-order valence-electron chi connectivity index (χ1n) is 10.8. The van der Waals surface area contributed by atoms with Gasteiger partial charge >= 0.3 is 6.18 Å². The van der Waals surface area contributed by atoms with Gasteiger partial charge in [0.05, 0.1) is 13.7 Å². The smallest absolute Gasteiger partial charge is 0.453 e. The highest BCUT2D eigenvalue weighted by Crippen LogP contribution is 2.29. The van der Waals surface area contributed by atoms with E-state index in [-0.39, 0.29) is 17.5 Å². The Kier molecular flexibility index (Phi) is 6.75. The van der Waals surface area contributed by atoms with Crippen molar-refractivity contribution in [2.75, 3.05) is 45.3 Å². The van der Waals surface area contributed by atoms with Gasteiger partial charge in [0.2, 0.25) is 5.91 Å². The molecule has 1 saturated heterocycles. The van der Waals surface area contributed by atoms with Gasteiger partial charge in [0.15, 0.2) is 5.65 Å². The Morgan fingerprint density at radius 1 is 1.09 bits per heavy atom. The number of anilines is 1. The van der Waals surface area contributed by atoms with E-state index < -0.39 is 12.0 Å². The standard InChI is InChI=1S/C22H25F3N6O3/c1-29(13-14-34-17-5-3-16(33-2)4-6-17)20(32)15-9-11-30(12-10-15)19-8-7-18-26-27-21(22(23,24)25)31(18)28-19/h3-8,15H,9-14H2,1-2H3. The lowest BCUT2D eigenvalue weighted by atomic mass is 9.95. The third-order valence-corrected chi connectivity index (χ3v) is 5.80. The molecule has 12 heteroatoms. The van der Waals surface area contributed by atoms with Gasteiger partial charge < -0.3 is 19.3 Å². The van der Waals surface area contributed by atoms with Gasteiger partial charge in [-0.25, -0.2) is 0 Å². The van der Waals surface area contributed by atoms with Crippen LogP contribution in [-0.2, 0) is 11.0 Å². The van der Waals surface area contributed by atoms with Crippen LogP contribution in [0.25, 0.3) is 5.65 Å². The number of ether oxygens (including phenoxy) is 2. The molecule has 1 fully saturated rings. The number of alkyl halides is 3. The first-order chi connectivity index (χ1) is 16.3. The monoisotopic (exact) mass is 478 g/mol. The molecule has 182 valence electrons. The summed E-state index contributed by atoms with van der Waals surface area (Å²) in [6.07, 6.45) is -3.49. The minimum absolute atomic E-state index is 0.0274. The molecule has 1 aliphatic rings. The Morgan fingerprint density at radius 2 is 1.76 bits per heavy atom. The van der Waals surface area contributed by atoms with Crippen molar-refractivity contribution in [1.82, 2.24) is 24.7 Å². The number of aromatic nitrogens is 4. The van der Waals surface area contributed by atoms with Crippen LogP contribution in [0, 0.1) is 5.92 Å². The predicted molar refractivity (Wildman–Crippen MR) is 117 cm³/mol. The number of carbonyl (C=O) groups excluding carboxylic acids is 1. The van der Waals surface area contributed by atoms with Gasteiger partial charge in [-0.05, 0) is 49.2 Å². The Labute approximate surface area is 194 Å². The fourth-order valence-electron chi connectivity index (χ4n) is 3.87. The molecule has 34 heavy (non-hydrogen) atoms. The molecule has 0 radical (unpaired) electrons. The largest absolute Gasteiger partial charge is 0.497 e. The summed E-state index contributed by atoms with van der Waals surface area (Å²) in [5, 5.41) is 10.8. The van der Waals surface area contributed by atoms with Crippen molar-refractivity contribution in [3.05, 3.63) is 42.2 Å². The molecule has 0 atom stereocenters. The average Bonchev–Trinajstić information content (AvgIpc) is 3.28. The first-order valence-corrected chi connectivity index (χ1v) is 10.8. The van der Waals surface area contributed by atoms with Gasteiger partial charge in [0.1, 0.15) is 23.9 Å². The van der Waals surface area contributed by atoms with Gasteiger partial charge in [0, 0.05) is 26.1 Å². The molecular formula is C22H25F3N6O3. The Morgan fingerprint density at radius 3 is 2.41 bits per heavy atom. The van der Waals surface area contributed by atoms with Crippen LogP contribution >= 0.6 is 0 Å². The molecule has 0 saturated carbocycles. The lowest BCUT2D eigenvalue weighted by Gasteiger charge is -2.33. The fraction of sp³-hybridized carbons (Fsp3) is 0.455. The quantitative estimate of drug-likeness (QED) is 0.516. The van der Waals surface area contributed by atoms with E-state index in [4.69, 9.17) is 9.47 Å². The second-order valence-corrected chi connectivity index (χ2v) is 8.03. The van der Waals surface area contributed by atoms with Gasteiger partial charge in [-0.15, -0.1) is 15.3 Å². The van der Waals surface area contributed by atoms with E-state index in [1.165, 1.54) is 6.07 Å². The SMILES string of the molecule is COc1ccc(OCCN(C)C(=O)C2CCN(c3ccc4nnc(C(F)(F)F)n4n3)CC2)cc1. The summed E-state index contributed by atoms with van der Waals surface area (Å²) in [7, 11) is 3.34. The molecule has 3 aromatic rings. The van der Waals surface area contributed by atoms with Crippen LogP contribution in [0.2, 0.25) is 0 Å². The number of hydrogen-bond donors (Lipinski definition) is 0. The number of carbonyl (C=O) groups is 1. The van der Waals surface area contributed by atoms with E-state index in [2.05, 4.69) is 15.3 Å². The molecule has 1 amide bonds. The van der Waals surface area contributed by atoms with Crippen molar-refractivity contribution in [1.29, 1.82) is 0 Å². The van der Waals surface area contributed by atoms with Crippen molar-refractivity contribution in [2.45, 2.75) is 19.0 Å². The Hall–Kier alpha value is -3.57. The lowest BCUT2D eigenvalue weighted by molar-refractivity contribution is -0.146. The molecule has 9 nitrogen and oxygen atoms in total. The maximum Gasteiger partial charge on any atom is 0.453 e. The predicted octanol–water partition coefficient (Wildman–Crippen LogP) is 2.91. The van der Waals surface area contributed by atoms with E-state index in [9.17, 15) is 18.0 Å². The molecule has 0 bridgehead atoms. The normalized spacial score (nSPS) is 14.9. The summed E-state index contributed by atoms with van der Waals surface area (Å²) in [6, 6.07) is 10.3. The first kappa shape index (κ1) is 23.6. The number of nitrogens with zero attached hydrogens (tertiary/aromatic N) is 6. The summed E-state index contributed by atoms with van der Waals surface area (Å²) < 4.78 is 50.9. The van der Waals surface area contributed by atoms with Gasteiger partial charge in [0.25, 0.3) is 5.82 Å². The maximum absolute atomic E-state index is 13.1. The summed E-state index contributed by atoms with van der Waals surface area (Å²) in [4.78, 5) is 16.4. The van der Waals surface area contributed by atoms with Crippen LogP contribution in [0.5, 0.6) is 11.5 Å². The zero-order valence-electron chi connectivity index (χ0n) is 18.8. The van der Waals surface area contributed by atoms with Gasteiger partial charge in [-0.2, -0.15) is 17.7 Å². The van der Waals surface area contributed by atoms with Crippen molar-refractivity contribution in [3.8, 4) is 11.5 Å². The second-order valence-electron chi connectivity index (χ2n) is 8.03. The topological polar surface area (TPSA) is 85.1 Å². The molecule has 4 rings (SSSR count). The highest BCUT2D eigenvalue weighted by Gasteiger charge is 2.38. The van der Waals surface area contributed by atoms with Crippen molar-refractivity contribution >= 4 is 17.4 Å². The number of halogens is 3. The molecule has 0 aliphatic carbocycles. The Bertz CT molecular complexity index is 1130. The third-order valence-electron chi connectivity index (χ3n) is 5.80. The van der Waals surface area contributed by atoms with Crippen LogP contribution < -0.4 is 14.4 Å². The zero-order valence-corrected chi connectivity index (χ0v) is 18.8. The van der Waals surface area contributed by atoms with E-state index >= 15 is 0 Å². The molecule has 2 aromatic heterocycles.